The summed E-state index contributed by atoms with van der Waals surface area (Å²) < 4.78 is 61.2. The standard InChI is InChI=1S/C20H20ClF2NO3S/c21-13-3-5-15(6-4-13)28(25,26)20-9-1-2-14(24)10-12(20)11-27-19-17(23)8-7-16(22)18(19)20/h3-8,12,14H,1-2,9-11,24H2/t12?,14-,20+/m0/s1. The van der Waals surface area contributed by atoms with Gasteiger partial charge in [-0.3, -0.25) is 0 Å². The molecule has 0 radical (unpaired) electrons. The van der Waals surface area contributed by atoms with Crippen LogP contribution in [0.4, 0.5) is 8.78 Å². The van der Waals surface area contributed by atoms with Gasteiger partial charge in [0, 0.05) is 17.0 Å². The van der Waals surface area contributed by atoms with Crippen LogP contribution in [0.3, 0.4) is 0 Å². The topological polar surface area (TPSA) is 69.4 Å². The summed E-state index contributed by atoms with van der Waals surface area (Å²) in [5.74, 6) is -2.46. The molecule has 0 saturated heterocycles. The van der Waals surface area contributed by atoms with Crippen molar-refractivity contribution in [3.63, 3.8) is 0 Å². The van der Waals surface area contributed by atoms with E-state index in [-0.39, 0.29) is 35.3 Å². The van der Waals surface area contributed by atoms with Crippen molar-refractivity contribution in [1.29, 1.82) is 0 Å². The van der Waals surface area contributed by atoms with Crippen LogP contribution >= 0.6 is 11.6 Å². The van der Waals surface area contributed by atoms with Crippen molar-refractivity contribution in [2.45, 2.75) is 41.4 Å². The number of ether oxygens (including phenoxy) is 1. The van der Waals surface area contributed by atoms with Gasteiger partial charge in [-0.05, 0) is 62.1 Å². The number of fused-ring (bicyclic) bond motifs is 3. The Morgan fingerprint density at radius 3 is 2.50 bits per heavy atom. The third-order valence-electron chi connectivity index (χ3n) is 5.88. The van der Waals surface area contributed by atoms with Crippen LogP contribution in [0.2, 0.25) is 5.02 Å². The SMILES string of the molecule is N[C@H]1CCC[C@]2(S(=O)(=O)c3ccc(Cl)cc3)c3c(F)ccc(F)c3OCC2C1. The third kappa shape index (κ3) is 2.83. The number of hydrogen-bond acceptors (Lipinski definition) is 4. The van der Waals surface area contributed by atoms with Crippen molar-refractivity contribution < 1.29 is 21.9 Å². The van der Waals surface area contributed by atoms with Crippen LogP contribution in [0.25, 0.3) is 0 Å². The molecule has 2 N–H and O–H groups in total. The molecule has 2 aliphatic rings. The van der Waals surface area contributed by atoms with Crippen molar-refractivity contribution in [1.82, 2.24) is 0 Å². The maximum Gasteiger partial charge on any atom is 0.188 e. The van der Waals surface area contributed by atoms with Gasteiger partial charge in [-0.25, -0.2) is 17.2 Å². The average molecular weight is 428 g/mol. The summed E-state index contributed by atoms with van der Waals surface area (Å²) in [5, 5.41) is 0.389. The van der Waals surface area contributed by atoms with E-state index in [0.29, 0.717) is 24.3 Å². The van der Waals surface area contributed by atoms with Gasteiger partial charge in [-0.15, -0.1) is 0 Å². The molecule has 1 unspecified atom stereocenters. The van der Waals surface area contributed by atoms with Gasteiger partial charge in [0.1, 0.15) is 10.6 Å². The number of rotatable bonds is 2. The Morgan fingerprint density at radius 2 is 1.79 bits per heavy atom. The molecule has 1 aliphatic heterocycles. The molecule has 1 aliphatic carbocycles. The molecule has 1 heterocycles. The molecule has 4 rings (SSSR count). The Kier molecular flexibility index (Phi) is 4.88. The zero-order valence-electron chi connectivity index (χ0n) is 15.0. The van der Waals surface area contributed by atoms with E-state index in [0.717, 1.165) is 12.1 Å². The lowest BCUT2D eigenvalue weighted by atomic mass is 9.79. The van der Waals surface area contributed by atoms with E-state index in [1.54, 1.807) is 0 Å². The molecule has 2 aromatic rings. The molecule has 28 heavy (non-hydrogen) atoms. The molecule has 2 aromatic carbocycles. The second-order valence-corrected chi connectivity index (χ2v) is 10.1. The fraction of sp³-hybridized carbons (Fsp3) is 0.400. The predicted octanol–water partition coefficient (Wildman–Crippen LogP) is 4.20. The number of nitrogens with two attached hydrogens (primary N) is 1. The first-order valence-electron chi connectivity index (χ1n) is 9.14. The van der Waals surface area contributed by atoms with Gasteiger partial charge in [0.2, 0.25) is 0 Å². The van der Waals surface area contributed by atoms with E-state index in [1.165, 1.54) is 24.3 Å². The van der Waals surface area contributed by atoms with Crippen LogP contribution < -0.4 is 10.5 Å². The van der Waals surface area contributed by atoms with E-state index in [1.807, 2.05) is 0 Å². The molecule has 0 amide bonds. The van der Waals surface area contributed by atoms with Crippen molar-refractivity contribution in [2.24, 2.45) is 11.7 Å². The zero-order valence-corrected chi connectivity index (χ0v) is 16.6. The van der Waals surface area contributed by atoms with Gasteiger partial charge in [0.15, 0.2) is 21.4 Å². The van der Waals surface area contributed by atoms with Crippen LogP contribution in [-0.2, 0) is 14.6 Å². The summed E-state index contributed by atoms with van der Waals surface area (Å²) in [6.45, 7) is -0.0338. The van der Waals surface area contributed by atoms with Crippen LogP contribution in [0.5, 0.6) is 5.75 Å². The molecule has 0 bridgehead atoms. The third-order valence-corrected chi connectivity index (χ3v) is 8.73. The molecule has 1 saturated carbocycles. The molecule has 150 valence electrons. The van der Waals surface area contributed by atoms with Crippen LogP contribution in [0, 0.1) is 17.6 Å². The van der Waals surface area contributed by atoms with E-state index in [9.17, 15) is 12.8 Å². The van der Waals surface area contributed by atoms with Gasteiger partial charge in [0.25, 0.3) is 0 Å². The fourth-order valence-electron chi connectivity index (χ4n) is 4.60. The normalized spacial score (nSPS) is 27.3. The molecular formula is C20H20ClF2NO3S. The largest absolute Gasteiger partial charge is 0.490 e. The maximum absolute atomic E-state index is 15.0. The van der Waals surface area contributed by atoms with Crippen LogP contribution in [0.15, 0.2) is 41.3 Å². The summed E-state index contributed by atoms with van der Waals surface area (Å²) in [6.07, 6.45) is 1.59. The lowest BCUT2D eigenvalue weighted by molar-refractivity contribution is 0.150. The Hall–Kier alpha value is -1.70. The van der Waals surface area contributed by atoms with E-state index in [4.69, 9.17) is 22.1 Å². The molecule has 3 atom stereocenters. The maximum atomic E-state index is 15.0. The molecule has 0 spiro atoms. The predicted molar refractivity (Wildman–Crippen MR) is 102 cm³/mol. The quantitative estimate of drug-likeness (QED) is 0.779. The number of hydrogen-bond donors (Lipinski definition) is 1. The van der Waals surface area contributed by atoms with Crippen molar-refractivity contribution >= 4 is 21.4 Å². The smallest absolute Gasteiger partial charge is 0.188 e. The molecule has 4 nitrogen and oxygen atoms in total. The Labute approximate surface area is 167 Å². The fourth-order valence-corrected chi connectivity index (χ4v) is 7.12. The highest BCUT2D eigenvalue weighted by atomic mass is 35.5. The summed E-state index contributed by atoms with van der Waals surface area (Å²) in [4.78, 5) is 0.0221. The minimum Gasteiger partial charge on any atom is -0.490 e. The summed E-state index contributed by atoms with van der Waals surface area (Å²) in [7, 11) is -4.10. The second kappa shape index (κ2) is 6.97. The minimum absolute atomic E-state index is 0.0221. The van der Waals surface area contributed by atoms with E-state index >= 15 is 4.39 Å². The highest BCUT2D eigenvalue weighted by Gasteiger charge is 2.58. The van der Waals surface area contributed by atoms with Crippen molar-refractivity contribution in [2.75, 3.05) is 6.61 Å². The monoisotopic (exact) mass is 427 g/mol. The van der Waals surface area contributed by atoms with Gasteiger partial charge < -0.3 is 10.5 Å². The molecule has 1 fully saturated rings. The number of benzene rings is 2. The van der Waals surface area contributed by atoms with Gasteiger partial charge in [0.05, 0.1) is 17.1 Å². The number of sulfone groups is 1. The van der Waals surface area contributed by atoms with Crippen LogP contribution in [0.1, 0.15) is 31.2 Å². The lowest BCUT2D eigenvalue weighted by Crippen LogP contribution is -2.49. The van der Waals surface area contributed by atoms with E-state index in [2.05, 4.69) is 0 Å². The first-order chi connectivity index (χ1) is 13.3. The molecular weight excluding hydrogens is 408 g/mol. The first-order valence-corrected chi connectivity index (χ1v) is 11.0. The van der Waals surface area contributed by atoms with Crippen molar-refractivity contribution in [3.05, 3.63) is 58.6 Å². The summed E-state index contributed by atoms with van der Waals surface area (Å²) in [5.41, 5.74) is 5.94. The number of halogens is 3. The van der Waals surface area contributed by atoms with Gasteiger partial charge in [-0.2, -0.15) is 0 Å². The Morgan fingerprint density at radius 1 is 1.11 bits per heavy atom. The summed E-state index contributed by atoms with van der Waals surface area (Å²) in [6, 6.07) is 7.45. The molecule has 0 aromatic heterocycles. The first kappa shape index (κ1) is 19.6. The molecule has 8 heteroatoms. The van der Waals surface area contributed by atoms with Gasteiger partial charge in [-0.1, -0.05) is 11.6 Å². The average Bonchev–Trinajstić information content (AvgIpc) is 2.83. The highest BCUT2D eigenvalue weighted by molar-refractivity contribution is 7.92. The van der Waals surface area contributed by atoms with E-state index < -0.39 is 32.1 Å². The lowest BCUT2D eigenvalue weighted by Gasteiger charge is -2.44. The highest BCUT2D eigenvalue weighted by Crippen LogP contribution is 2.55. The second-order valence-electron chi connectivity index (χ2n) is 7.48. The zero-order chi connectivity index (χ0) is 20.1. The Balaban J connectivity index is 2.03. The minimum atomic E-state index is -4.10. The summed E-state index contributed by atoms with van der Waals surface area (Å²) >= 11 is 5.91. The van der Waals surface area contributed by atoms with Gasteiger partial charge >= 0.3 is 0 Å². The Bertz CT molecular complexity index is 1010. The van der Waals surface area contributed by atoms with Crippen LogP contribution in [-0.4, -0.2) is 21.1 Å². The van der Waals surface area contributed by atoms with Crippen molar-refractivity contribution in [3.8, 4) is 5.75 Å².